The Hall–Kier alpha value is -0.570. The first kappa shape index (κ1) is 11.5. The van der Waals surface area contributed by atoms with Gasteiger partial charge in [-0.25, -0.2) is 0 Å². The summed E-state index contributed by atoms with van der Waals surface area (Å²) in [5.41, 5.74) is 5.32. The summed E-state index contributed by atoms with van der Waals surface area (Å²) in [4.78, 5) is 11.3. The largest absolute Gasteiger partial charge is 0.353 e. The first-order chi connectivity index (χ1) is 6.63. The standard InChI is InChI=1S/C11H22N2O/c1-8-3-4-10(7-9(8)2)13-11(14)5-6-12/h8-10H,3-7,12H2,1-2H3,(H,13,14). The van der Waals surface area contributed by atoms with Crippen molar-refractivity contribution in [3.05, 3.63) is 0 Å². The highest BCUT2D eigenvalue weighted by atomic mass is 16.1. The van der Waals surface area contributed by atoms with E-state index in [9.17, 15) is 4.79 Å². The zero-order valence-electron chi connectivity index (χ0n) is 9.25. The maximum Gasteiger partial charge on any atom is 0.221 e. The zero-order chi connectivity index (χ0) is 10.6. The fraction of sp³-hybridized carbons (Fsp3) is 0.909. The lowest BCUT2D eigenvalue weighted by molar-refractivity contribution is -0.122. The van der Waals surface area contributed by atoms with Crippen molar-refractivity contribution in [1.29, 1.82) is 0 Å². The van der Waals surface area contributed by atoms with Crippen molar-refractivity contribution in [2.45, 2.75) is 45.6 Å². The molecule has 3 unspecified atom stereocenters. The molecule has 3 N–H and O–H groups in total. The van der Waals surface area contributed by atoms with Crippen molar-refractivity contribution in [2.75, 3.05) is 6.54 Å². The van der Waals surface area contributed by atoms with Crippen LogP contribution in [0.1, 0.15) is 39.5 Å². The molecule has 1 amide bonds. The molecule has 82 valence electrons. The molecule has 0 heterocycles. The average Bonchev–Trinajstić information content (AvgIpc) is 2.12. The maximum atomic E-state index is 11.3. The molecule has 0 spiro atoms. The SMILES string of the molecule is CC1CCC(NC(=O)CCN)CC1C. The average molecular weight is 198 g/mol. The van der Waals surface area contributed by atoms with Gasteiger partial charge in [-0.15, -0.1) is 0 Å². The summed E-state index contributed by atoms with van der Waals surface area (Å²) < 4.78 is 0. The number of rotatable bonds is 3. The fourth-order valence-corrected chi connectivity index (χ4v) is 2.11. The van der Waals surface area contributed by atoms with Crippen LogP contribution < -0.4 is 11.1 Å². The quantitative estimate of drug-likeness (QED) is 0.717. The van der Waals surface area contributed by atoms with Gasteiger partial charge in [0.1, 0.15) is 0 Å². The summed E-state index contributed by atoms with van der Waals surface area (Å²) >= 11 is 0. The summed E-state index contributed by atoms with van der Waals surface area (Å²) in [5, 5.41) is 3.05. The molecule has 0 radical (unpaired) electrons. The number of hydrogen-bond acceptors (Lipinski definition) is 2. The van der Waals surface area contributed by atoms with Crippen molar-refractivity contribution < 1.29 is 4.79 Å². The van der Waals surface area contributed by atoms with Gasteiger partial charge in [0.2, 0.25) is 5.91 Å². The third kappa shape index (κ3) is 3.29. The molecule has 3 nitrogen and oxygen atoms in total. The van der Waals surface area contributed by atoms with Gasteiger partial charge in [0.05, 0.1) is 0 Å². The molecule has 14 heavy (non-hydrogen) atoms. The van der Waals surface area contributed by atoms with Gasteiger partial charge in [-0.1, -0.05) is 13.8 Å². The Kier molecular flexibility index (Phi) is 4.39. The monoisotopic (exact) mass is 198 g/mol. The zero-order valence-corrected chi connectivity index (χ0v) is 9.25. The first-order valence-electron chi connectivity index (χ1n) is 5.63. The number of amides is 1. The highest BCUT2D eigenvalue weighted by Crippen LogP contribution is 2.29. The fourth-order valence-electron chi connectivity index (χ4n) is 2.11. The lowest BCUT2D eigenvalue weighted by atomic mass is 9.79. The van der Waals surface area contributed by atoms with E-state index in [0.29, 0.717) is 19.0 Å². The van der Waals surface area contributed by atoms with E-state index < -0.39 is 0 Å². The number of carbonyl (C=O) groups is 1. The van der Waals surface area contributed by atoms with E-state index in [0.717, 1.165) is 24.7 Å². The van der Waals surface area contributed by atoms with Crippen molar-refractivity contribution in [1.82, 2.24) is 5.32 Å². The molecule has 1 saturated carbocycles. The summed E-state index contributed by atoms with van der Waals surface area (Å²) in [6.07, 6.45) is 3.94. The molecule has 0 aromatic rings. The van der Waals surface area contributed by atoms with Crippen molar-refractivity contribution in [3.63, 3.8) is 0 Å². The Balaban J connectivity index is 2.29. The second-order valence-corrected chi connectivity index (χ2v) is 4.57. The minimum atomic E-state index is 0.110. The number of hydrogen-bond donors (Lipinski definition) is 2. The van der Waals surface area contributed by atoms with Crippen LogP contribution in [-0.4, -0.2) is 18.5 Å². The van der Waals surface area contributed by atoms with Crippen LogP contribution in [0.25, 0.3) is 0 Å². The van der Waals surface area contributed by atoms with Gasteiger partial charge >= 0.3 is 0 Å². The Bertz CT molecular complexity index is 194. The minimum absolute atomic E-state index is 0.110. The normalized spacial score (nSPS) is 32.6. The molecule has 1 aliphatic carbocycles. The molecule has 0 aromatic heterocycles. The molecule has 0 bridgehead atoms. The van der Waals surface area contributed by atoms with E-state index in [-0.39, 0.29) is 5.91 Å². The lowest BCUT2D eigenvalue weighted by Gasteiger charge is -2.32. The number of carbonyl (C=O) groups excluding carboxylic acids is 1. The third-order valence-corrected chi connectivity index (χ3v) is 3.33. The highest BCUT2D eigenvalue weighted by Gasteiger charge is 2.25. The molecule has 0 aromatic carbocycles. The van der Waals surface area contributed by atoms with Gasteiger partial charge in [-0.3, -0.25) is 4.79 Å². The van der Waals surface area contributed by atoms with E-state index in [1.54, 1.807) is 0 Å². The van der Waals surface area contributed by atoms with Gasteiger partial charge in [-0.05, 0) is 31.1 Å². The first-order valence-corrected chi connectivity index (χ1v) is 5.63. The highest BCUT2D eigenvalue weighted by molar-refractivity contribution is 5.76. The Labute approximate surface area is 86.4 Å². The van der Waals surface area contributed by atoms with E-state index in [1.807, 2.05) is 0 Å². The second-order valence-electron chi connectivity index (χ2n) is 4.57. The van der Waals surface area contributed by atoms with Gasteiger partial charge in [0.25, 0.3) is 0 Å². The van der Waals surface area contributed by atoms with Crippen molar-refractivity contribution in [2.24, 2.45) is 17.6 Å². The van der Waals surface area contributed by atoms with E-state index in [1.165, 1.54) is 6.42 Å². The predicted octanol–water partition coefficient (Wildman–Crippen LogP) is 1.28. The van der Waals surface area contributed by atoms with E-state index >= 15 is 0 Å². The van der Waals surface area contributed by atoms with Crippen LogP contribution in [0.5, 0.6) is 0 Å². The lowest BCUT2D eigenvalue weighted by Crippen LogP contribution is -2.40. The van der Waals surface area contributed by atoms with E-state index in [4.69, 9.17) is 5.73 Å². The van der Waals surface area contributed by atoms with Crippen LogP contribution in [0.2, 0.25) is 0 Å². The van der Waals surface area contributed by atoms with Gasteiger partial charge < -0.3 is 11.1 Å². The van der Waals surface area contributed by atoms with Crippen molar-refractivity contribution >= 4 is 5.91 Å². The van der Waals surface area contributed by atoms with Crippen LogP contribution in [0, 0.1) is 11.8 Å². The topological polar surface area (TPSA) is 55.1 Å². The summed E-state index contributed by atoms with van der Waals surface area (Å²) in [6.45, 7) is 5.01. The second kappa shape index (κ2) is 5.35. The van der Waals surface area contributed by atoms with Gasteiger partial charge in [0.15, 0.2) is 0 Å². The molecule has 0 saturated heterocycles. The van der Waals surface area contributed by atoms with E-state index in [2.05, 4.69) is 19.2 Å². The molecular formula is C11H22N2O. The molecule has 1 fully saturated rings. The van der Waals surface area contributed by atoms with Crippen LogP contribution >= 0.6 is 0 Å². The predicted molar refractivity (Wildman–Crippen MR) is 57.8 cm³/mol. The molecular weight excluding hydrogens is 176 g/mol. The third-order valence-electron chi connectivity index (χ3n) is 3.33. The van der Waals surface area contributed by atoms with Crippen LogP contribution in [0.15, 0.2) is 0 Å². The summed E-state index contributed by atoms with van der Waals surface area (Å²) in [5.74, 6) is 1.64. The van der Waals surface area contributed by atoms with Crippen molar-refractivity contribution in [3.8, 4) is 0 Å². The van der Waals surface area contributed by atoms with Crippen LogP contribution in [0.3, 0.4) is 0 Å². The maximum absolute atomic E-state index is 11.3. The number of nitrogens with two attached hydrogens (primary N) is 1. The van der Waals surface area contributed by atoms with Crippen LogP contribution in [-0.2, 0) is 4.79 Å². The molecule has 0 aliphatic heterocycles. The molecule has 1 aliphatic rings. The van der Waals surface area contributed by atoms with Crippen LogP contribution in [0.4, 0.5) is 0 Å². The van der Waals surface area contributed by atoms with Gasteiger partial charge in [0, 0.05) is 19.0 Å². The molecule has 1 rings (SSSR count). The van der Waals surface area contributed by atoms with Gasteiger partial charge in [-0.2, -0.15) is 0 Å². The minimum Gasteiger partial charge on any atom is -0.353 e. The smallest absolute Gasteiger partial charge is 0.221 e. The Morgan fingerprint density at radius 1 is 1.36 bits per heavy atom. The summed E-state index contributed by atoms with van der Waals surface area (Å²) in [6, 6.07) is 0.389. The Morgan fingerprint density at radius 3 is 2.64 bits per heavy atom. The summed E-state index contributed by atoms with van der Waals surface area (Å²) in [7, 11) is 0. The number of nitrogens with one attached hydrogen (secondary N) is 1. The molecule has 3 atom stereocenters. The Morgan fingerprint density at radius 2 is 2.07 bits per heavy atom. The molecule has 3 heteroatoms.